The van der Waals surface area contributed by atoms with Crippen molar-refractivity contribution in [2.75, 3.05) is 13.2 Å². The molecule has 0 saturated carbocycles. The minimum Gasteiger partial charge on any atom is -0.394 e. The van der Waals surface area contributed by atoms with Crippen LogP contribution in [0.5, 0.6) is 0 Å². The van der Waals surface area contributed by atoms with Crippen molar-refractivity contribution in [3.8, 4) is 0 Å². The first-order valence-electron chi connectivity index (χ1n) is 10.3. The molecule has 150 valence electrons. The van der Waals surface area contributed by atoms with Gasteiger partial charge in [-0.15, -0.1) is 0 Å². The van der Waals surface area contributed by atoms with Crippen molar-refractivity contribution in [1.82, 2.24) is 0 Å². The van der Waals surface area contributed by atoms with Gasteiger partial charge in [-0.1, -0.05) is 78.9 Å². The fourth-order valence-corrected chi connectivity index (χ4v) is 4.29. The van der Waals surface area contributed by atoms with Crippen LogP contribution in [0.25, 0.3) is 32.3 Å². The highest BCUT2D eigenvalue weighted by atomic mass is 16.5. The Kier molecular flexibility index (Phi) is 5.09. The van der Waals surface area contributed by atoms with Crippen LogP contribution in [0.1, 0.15) is 16.7 Å². The van der Waals surface area contributed by atoms with Crippen molar-refractivity contribution >= 4 is 32.3 Å². The summed E-state index contributed by atoms with van der Waals surface area (Å²) in [5.74, 6) is 0. The average Bonchev–Trinajstić information content (AvgIpc) is 2.79. The lowest BCUT2D eigenvalue weighted by Gasteiger charge is -2.14. The second-order valence-electron chi connectivity index (χ2n) is 7.93. The molecule has 0 bridgehead atoms. The van der Waals surface area contributed by atoms with Gasteiger partial charge in [0.2, 0.25) is 0 Å². The summed E-state index contributed by atoms with van der Waals surface area (Å²) in [4.78, 5) is 0. The minimum atomic E-state index is -0.821. The highest BCUT2D eigenvalue weighted by Gasteiger charge is 2.11. The van der Waals surface area contributed by atoms with E-state index < -0.39 is 6.10 Å². The van der Waals surface area contributed by atoms with Crippen LogP contribution < -0.4 is 0 Å². The number of rotatable bonds is 7. The van der Waals surface area contributed by atoms with E-state index in [0.29, 0.717) is 6.61 Å². The summed E-state index contributed by atoms with van der Waals surface area (Å²) >= 11 is 0. The van der Waals surface area contributed by atoms with Crippen molar-refractivity contribution in [2.45, 2.75) is 19.1 Å². The first-order chi connectivity index (χ1) is 14.7. The van der Waals surface area contributed by atoms with Gasteiger partial charge < -0.3 is 14.9 Å². The van der Waals surface area contributed by atoms with Crippen LogP contribution in [-0.2, 0) is 17.8 Å². The number of hydrogen-bond donors (Lipinski definition) is 2. The predicted octanol–water partition coefficient (Wildman–Crippen LogP) is 5.04. The van der Waals surface area contributed by atoms with Crippen LogP contribution in [0.4, 0.5) is 0 Å². The van der Waals surface area contributed by atoms with Gasteiger partial charge in [0.1, 0.15) is 6.10 Å². The molecule has 0 unspecified atom stereocenters. The molecule has 5 aromatic rings. The van der Waals surface area contributed by atoms with Crippen LogP contribution in [-0.4, -0.2) is 29.5 Å². The second-order valence-corrected chi connectivity index (χ2v) is 7.93. The lowest BCUT2D eigenvalue weighted by atomic mass is 9.90. The summed E-state index contributed by atoms with van der Waals surface area (Å²) in [6.07, 6.45) is 0.0530. The minimum absolute atomic E-state index is 0.140. The molecule has 30 heavy (non-hydrogen) atoms. The van der Waals surface area contributed by atoms with Gasteiger partial charge in [-0.3, -0.25) is 0 Å². The standard InChI is InChI=1S/C27H24O3/c28-15-24(29)17-30-16-19-6-4-18(5-7-19)14-23-11-10-22-9-8-20-2-1-3-21-12-13-25(23)27(22)26(20)21/h1-13,24,28-29H,14-17H2/t24-/m1/s1. The first-order valence-corrected chi connectivity index (χ1v) is 10.3. The van der Waals surface area contributed by atoms with E-state index >= 15 is 0 Å². The summed E-state index contributed by atoms with van der Waals surface area (Å²) in [6, 6.07) is 28.3. The topological polar surface area (TPSA) is 49.7 Å². The van der Waals surface area contributed by atoms with Crippen LogP contribution in [0, 0.1) is 0 Å². The maximum atomic E-state index is 9.36. The highest BCUT2D eigenvalue weighted by molar-refractivity contribution is 6.23. The fraction of sp³-hybridized carbons (Fsp3) is 0.185. The molecule has 0 radical (unpaired) electrons. The van der Waals surface area contributed by atoms with Gasteiger partial charge in [0, 0.05) is 0 Å². The number of aliphatic hydroxyl groups is 2. The summed E-state index contributed by atoms with van der Waals surface area (Å²) in [5.41, 5.74) is 3.64. The largest absolute Gasteiger partial charge is 0.394 e. The number of hydrogen-bond acceptors (Lipinski definition) is 3. The summed E-state index contributed by atoms with van der Waals surface area (Å²) in [5, 5.41) is 26.1. The van der Waals surface area contributed by atoms with Gasteiger partial charge in [0.25, 0.3) is 0 Å². The van der Waals surface area contributed by atoms with Gasteiger partial charge in [0.15, 0.2) is 0 Å². The lowest BCUT2D eigenvalue weighted by molar-refractivity contribution is 0.0000225. The number of aliphatic hydroxyl groups excluding tert-OH is 2. The van der Waals surface area contributed by atoms with E-state index in [9.17, 15) is 5.11 Å². The molecular weight excluding hydrogens is 372 g/mol. The zero-order valence-corrected chi connectivity index (χ0v) is 16.7. The molecule has 0 aliphatic rings. The predicted molar refractivity (Wildman–Crippen MR) is 122 cm³/mol. The quantitative estimate of drug-likeness (QED) is 0.379. The van der Waals surface area contributed by atoms with Crippen molar-refractivity contribution < 1.29 is 14.9 Å². The zero-order chi connectivity index (χ0) is 20.5. The van der Waals surface area contributed by atoms with Crippen molar-refractivity contribution in [1.29, 1.82) is 0 Å². The van der Waals surface area contributed by atoms with Crippen LogP contribution in [0.15, 0.2) is 78.9 Å². The van der Waals surface area contributed by atoms with E-state index in [1.807, 2.05) is 0 Å². The van der Waals surface area contributed by atoms with E-state index in [2.05, 4.69) is 78.9 Å². The van der Waals surface area contributed by atoms with E-state index in [4.69, 9.17) is 9.84 Å². The third kappa shape index (κ3) is 3.52. The second kappa shape index (κ2) is 8.04. The molecule has 0 fully saturated rings. The molecule has 0 saturated heterocycles. The van der Waals surface area contributed by atoms with Gasteiger partial charge in [-0.05, 0) is 55.4 Å². The monoisotopic (exact) mass is 396 g/mol. The molecular formula is C27H24O3. The van der Waals surface area contributed by atoms with Crippen molar-refractivity contribution in [3.05, 3.63) is 95.6 Å². The molecule has 0 aromatic heterocycles. The zero-order valence-electron chi connectivity index (χ0n) is 16.7. The Morgan fingerprint density at radius 2 is 1.33 bits per heavy atom. The molecule has 0 amide bonds. The van der Waals surface area contributed by atoms with Crippen molar-refractivity contribution in [2.24, 2.45) is 0 Å². The Hall–Kier alpha value is -2.98. The summed E-state index contributed by atoms with van der Waals surface area (Å²) < 4.78 is 5.44. The average molecular weight is 396 g/mol. The van der Waals surface area contributed by atoms with E-state index in [1.54, 1.807) is 0 Å². The molecule has 2 N–H and O–H groups in total. The van der Waals surface area contributed by atoms with Gasteiger partial charge in [-0.25, -0.2) is 0 Å². The Bertz CT molecular complexity index is 1270. The normalized spacial score (nSPS) is 12.9. The molecule has 0 aliphatic heterocycles. The maximum absolute atomic E-state index is 9.36. The first kappa shape index (κ1) is 19.0. The Labute approximate surface area is 175 Å². The van der Waals surface area contributed by atoms with Crippen molar-refractivity contribution in [3.63, 3.8) is 0 Å². The third-order valence-corrected chi connectivity index (χ3v) is 5.83. The Balaban J connectivity index is 1.43. The van der Waals surface area contributed by atoms with Crippen LogP contribution in [0.2, 0.25) is 0 Å². The SMILES string of the molecule is OC[C@@H](O)COCc1ccc(Cc2ccc3ccc4cccc5ccc2c3c45)cc1. The molecule has 3 nitrogen and oxygen atoms in total. The number of benzene rings is 5. The fourth-order valence-electron chi connectivity index (χ4n) is 4.29. The molecule has 0 heterocycles. The maximum Gasteiger partial charge on any atom is 0.100 e. The van der Waals surface area contributed by atoms with E-state index in [0.717, 1.165) is 12.0 Å². The molecule has 0 spiro atoms. The van der Waals surface area contributed by atoms with E-state index in [1.165, 1.54) is 43.4 Å². The van der Waals surface area contributed by atoms with Crippen LogP contribution in [0.3, 0.4) is 0 Å². The highest BCUT2D eigenvalue weighted by Crippen LogP contribution is 2.36. The lowest BCUT2D eigenvalue weighted by Crippen LogP contribution is -2.19. The molecule has 0 aliphatic carbocycles. The summed E-state index contributed by atoms with van der Waals surface area (Å²) in [7, 11) is 0. The molecule has 5 aromatic carbocycles. The van der Waals surface area contributed by atoms with Crippen LogP contribution >= 0.6 is 0 Å². The number of ether oxygens (including phenoxy) is 1. The van der Waals surface area contributed by atoms with Gasteiger partial charge >= 0.3 is 0 Å². The Morgan fingerprint density at radius 3 is 2.07 bits per heavy atom. The van der Waals surface area contributed by atoms with E-state index in [-0.39, 0.29) is 13.2 Å². The van der Waals surface area contributed by atoms with Gasteiger partial charge in [0.05, 0.1) is 19.8 Å². The third-order valence-electron chi connectivity index (χ3n) is 5.83. The Morgan fingerprint density at radius 1 is 0.700 bits per heavy atom. The molecule has 1 atom stereocenters. The van der Waals surface area contributed by atoms with Gasteiger partial charge in [-0.2, -0.15) is 0 Å². The summed E-state index contributed by atoms with van der Waals surface area (Å²) in [6.45, 7) is 0.287. The smallest absolute Gasteiger partial charge is 0.100 e. The molecule has 5 rings (SSSR count). The molecule has 3 heteroatoms.